The van der Waals surface area contributed by atoms with E-state index in [0.29, 0.717) is 15.8 Å². The Hall–Kier alpha value is -0.910. The van der Waals surface area contributed by atoms with Crippen LogP contribution in [0, 0.1) is 0 Å². The normalized spacial score (nSPS) is 13.6. The van der Waals surface area contributed by atoms with Gasteiger partial charge in [0.1, 0.15) is 0 Å². The lowest BCUT2D eigenvalue weighted by atomic mass is 10.2. The van der Waals surface area contributed by atoms with Crippen molar-refractivity contribution in [2.45, 2.75) is 25.6 Å². The molecule has 0 bridgehead atoms. The number of nitrogens with two attached hydrogens (primary N) is 1. The molecule has 0 fully saturated rings. The molecule has 1 rings (SSSR count). The van der Waals surface area contributed by atoms with Gasteiger partial charge in [0.25, 0.3) is 0 Å². The molecule has 1 aromatic rings. The van der Waals surface area contributed by atoms with E-state index in [1.165, 1.54) is 6.92 Å². The van der Waals surface area contributed by atoms with E-state index in [2.05, 4.69) is 21.2 Å². The maximum Gasteiger partial charge on any atom is 0.391 e. The van der Waals surface area contributed by atoms with Gasteiger partial charge in [0.05, 0.1) is 6.42 Å². The van der Waals surface area contributed by atoms with Gasteiger partial charge in [-0.05, 0) is 41.1 Å². The van der Waals surface area contributed by atoms with Crippen LogP contribution in [0.2, 0.25) is 0 Å². The highest BCUT2D eigenvalue weighted by Crippen LogP contribution is 2.28. The smallest absolute Gasteiger partial charge is 0.391 e. The highest BCUT2D eigenvalue weighted by molar-refractivity contribution is 9.10. The summed E-state index contributed by atoms with van der Waals surface area (Å²) in [6.45, 7) is 1.48. The number of halogens is 4. The number of nitrogens with one attached hydrogen (secondary N) is 1. The van der Waals surface area contributed by atoms with Crippen molar-refractivity contribution >= 4 is 27.3 Å². The molecular formula is C10H12BrF3N2. The van der Waals surface area contributed by atoms with E-state index in [9.17, 15) is 13.2 Å². The molecule has 0 radical (unpaired) electrons. The van der Waals surface area contributed by atoms with Crippen LogP contribution in [0.4, 0.5) is 24.5 Å². The maximum atomic E-state index is 12.1. The van der Waals surface area contributed by atoms with E-state index in [-0.39, 0.29) is 0 Å². The third-order valence-corrected chi connectivity index (χ3v) is 2.59. The highest BCUT2D eigenvalue weighted by atomic mass is 79.9. The first kappa shape index (κ1) is 13.2. The van der Waals surface area contributed by atoms with Gasteiger partial charge in [0.15, 0.2) is 0 Å². The van der Waals surface area contributed by atoms with Crippen LogP contribution in [-0.2, 0) is 0 Å². The molecule has 0 aromatic heterocycles. The molecule has 2 nitrogen and oxygen atoms in total. The SMILES string of the molecule is CC(CC(F)(F)F)Nc1ccc(N)cc1Br. The fourth-order valence-corrected chi connectivity index (χ4v) is 1.82. The Bertz CT molecular complexity index is 366. The van der Waals surface area contributed by atoms with Gasteiger partial charge in [-0.25, -0.2) is 0 Å². The van der Waals surface area contributed by atoms with Crippen molar-refractivity contribution in [3.05, 3.63) is 22.7 Å². The Morgan fingerprint density at radius 1 is 1.44 bits per heavy atom. The Morgan fingerprint density at radius 2 is 2.06 bits per heavy atom. The monoisotopic (exact) mass is 296 g/mol. The van der Waals surface area contributed by atoms with Crippen LogP contribution in [0.3, 0.4) is 0 Å². The third-order valence-electron chi connectivity index (χ3n) is 1.93. The van der Waals surface area contributed by atoms with E-state index in [0.717, 1.165) is 0 Å². The van der Waals surface area contributed by atoms with E-state index >= 15 is 0 Å². The van der Waals surface area contributed by atoms with Crippen LogP contribution >= 0.6 is 15.9 Å². The minimum atomic E-state index is -4.16. The molecular weight excluding hydrogens is 285 g/mol. The summed E-state index contributed by atoms with van der Waals surface area (Å²) in [7, 11) is 0. The summed E-state index contributed by atoms with van der Waals surface area (Å²) in [5, 5.41) is 2.77. The summed E-state index contributed by atoms with van der Waals surface area (Å²) < 4.78 is 37.0. The molecule has 0 spiro atoms. The minimum absolute atomic E-state index is 0.556. The second kappa shape index (κ2) is 4.95. The number of rotatable bonds is 3. The zero-order valence-corrected chi connectivity index (χ0v) is 10.2. The number of nitrogen functional groups attached to an aromatic ring is 1. The standard InChI is InChI=1S/C10H12BrF3N2/c1-6(5-10(12,13)14)16-9-3-2-7(15)4-8(9)11/h2-4,6,16H,5,15H2,1H3. The number of alkyl halides is 3. The molecule has 1 atom stereocenters. The van der Waals surface area contributed by atoms with Gasteiger partial charge in [-0.15, -0.1) is 0 Å². The van der Waals surface area contributed by atoms with Crippen molar-refractivity contribution in [3.63, 3.8) is 0 Å². The first-order chi connectivity index (χ1) is 7.28. The van der Waals surface area contributed by atoms with Gasteiger partial charge in [0, 0.05) is 21.9 Å². The van der Waals surface area contributed by atoms with Gasteiger partial charge in [-0.2, -0.15) is 13.2 Å². The Balaban J connectivity index is 2.66. The van der Waals surface area contributed by atoms with Crippen LogP contribution in [0.1, 0.15) is 13.3 Å². The maximum absolute atomic E-state index is 12.1. The summed E-state index contributed by atoms with van der Waals surface area (Å²) in [5.41, 5.74) is 6.68. The molecule has 90 valence electrons. The predicted molar refractivity (Wildman–Crippen MR) is 62.3 cm³/mol. The lowest BCUT2D eigenvalue weighted by Crippen LogP contribution is -2.24. The zero-order valence-electron chi connectivity index (χ0n) is 8.61. The van der Waals surface area contributed by atoms with Gasteiger partial charge in [-0.1, -0.05) is 0 Å². The molecule has 0 heterocycles. The van der Waals surface area contributed by atoms with Crippen molar-refractivity contribution < 1.29 is 13.2 Å². The molecule has 3 N–H and O–H groups in total. The summed E-state index contributed by atoms with van der Waals surface area (Å²) in [6.07, 6.45) is -5.03. The molecule has 0 aliphatic carbocycles. The molecule has 0 aliphatic rings. The van der Waals surface area contributed by atoms with Crippen molar-refractivity contribution in [2.24, 2.45) is 0 Å². The van der Waals surface area contributed by atoms with Gasteiger partial charge < -0.3 is 11.1 Å². The van der Waals surface area contributed by atoms with Crippen LogP contribution < -0.4 is 11.1 Å². The zero-order chi connectivity index (χ0) is 12.3. The first-order valence-corrected chi connectivity index (χ1v) is 5.45. The van der Waals surface area contributed by atoms with Crippen molar-refractivity contribution in [2.75, 3.05) is 11.1 Å². The van der Waals surface area contributed by atoms with Crippen LogP contribution in [-0.4, -0.2) is 12.2 Å². The molecule has 0 aliphatic heterocycles. The van der Waals surface area contributed by atoms with Crippen molar-refractivity contribution in [3.8, 4) is 0 Å². The molecule has 6 heteroatoms. The third kappa shape index (κ3) is 4.30. The van der Waals surface area contributed by atoms with Crippen molar-refractivity contribution in [1.29, 1.82) is 0 Å². The van der Waals surface area contributed by atoms with Gasteiger partial charge in [0.2, 0.25) is 0 Å². The predicted octanol–water partition coefficient (Wildman–Crippen LogP) is 3.78. The van der Waals surface area contributed by atoms with E-state index < -0.39 is 18.6 Å². The lowest BCUT2D eigenvalue weighted by molar-refractivity contribution is -0.136. The average molecular weight is 297 g/mol. The fourth-order valence-electron chi connectivity index (χ4n) is 1.31. The summed E-state index contributed by atoms with van der Waals surface area (Å²) in [4.78, 5) is 0. The minimum Gasteiger partial charge on any atom is -0.399 e. The van der Waals surface area contributed by atoms with E-state index in [4.69, 9.17) is 5.73 Å². The molecule has 0 saturated heterocycles. The second-order valence-corrected chi connectivity index (χ2v) is 4.46. The van der Waals surface area contributed by atoms with Crippen molar-refractivity contribution in [1.82, 2.24) is 0 Å². The Morgan fingerprint density at radius 3 is 2.56 bits per heavy atom. The van der Waals surface area contributed by atoms with E-state index in [1.54, 1.807) is 18.2 Å². The molecule has 16 heavy (non-hydrogen) atoms. The second-order valence-electron chi connectivity index (χ2n) is 3.60. The summed E-state index contributed by atoms with van der Waals surface area (Å²) >= 11 is 3.23. The largest absolute Gasteiger partial charge is 0.399 e. The number of hydrogen-bond acceptors (Lipinski definition) is 2. The van der Waals surface area contributed by atoms with E-state index in [1.807, 2.05) is 0 Å². The number of benzene rings is 1. The average Bonchev–Trinajstić information content (AvgIpc) is 2.06. The quantitative estimate of drug-likeness (QED) is 0.833. The van der Waals surface area contributed by atoms with Crippen LogP contribution in [0.5, 0.6) is 0 Å². The topological polar surface area (TPSA) is 38.0 Å². The molecule has 0 amide bonds. The van der Waals surface area contributed by atoms with Gasteiger partial charge in [-0.3, -0.25) is 0 Å². The fraction of sp³-hybridized carbons (Fsp3) is 0.400. The summed E-state index contributed by atoms with van der Waals surface area (Å²) in [5.74, 6) is 0. The summed E-state index contributed by atoms with van der Waals surface area (Å²) in [6, 6.07) is 4.24. The van der Waals surface area contributed by atoms with Crippen LogP contribution in [0.25, 0.3) is 0 Å². The highest BCUT2D eigenvalue weighted by Gasteiger charge is 2.30. The molecule has 1 aromatic carbocycles. The first-order valence-electron chi connectivity index (χ1n) is 4.66. The molecule has 1 unspecified atom stereocenters. The van der Waals surface area contributed by atoms with Crippen LogP contribution in [0.15, 0.2) is 22.7 Å². The Labute approximate surface area is 100 Å². The Kier molecular flexibility index (Phi) is 4.07. The number of anilines is 2. The number of hydrogen-bond donors (Lipinski definition) is 2. The molecule has 0 saturated carbocycles. The van der Waals surface area contributed by atoms with Gasteiger partial charge >= 0.3 is 6.18 Å². The lowest BCUT2D eigenvalue weighted by Gasteiger charge is -2.18.